The van der Waals surface area contributed by atoms with Crippen molar-refractivity contribution in [2.45, 2.75) is 12.5 Å². The Labute approximate surface area is 147 Å². The summed E-state index contributed by atoms with van der Waals surface area (Å²) in [4.78, 5) is 21.9. The molecule has 4 rings (SSSR count). The van der Waals surface area contributed by atoms with E-state index in [9.17, 15) is 4.79 Å². The van der Waals surface area contributed by atoms with Gasteiger partial charge in [-0.25, -0.2) is 4.98 Å². The summed E-state index contributed by atoms with van der Waals surface area (Å²) in [7, 11) is 0. The fourth-order valence-electron chi connectivity index (χ4n) is 2.98. The van der Waals surface area contributed by atoms with Crippen LogP contribution in [0.15, 0.2) is 53.3 Å². The lowest BCUT2D eigenvalue weighted by atomic mass is 10.1. The number of hydrogen-bond donors (Lipinski definition) is 1. The van der Waals surface area contributed by atoms with Crippen LogP contribution in [0, 0.1) is 0 Å². The van der Waals surface area contributed by atoms with Crippen LogP contribution >= 0.6 is 15.9 Å². The number of pyridine rings is 1. The maximum atomic E-state index is 12.7. The van der Waals surface area contributed by atoms with E-state index in [2.05, 4.69) is 25.9 Å². The quantitative estimate of drug-likeness (QED) is 0.748. The van der Waals surface area contributed by atoms with Crippen molar-refractivity contribution in [2.24, 2.45) is 0 Å². The van der Waals surface area contributed by atoms with Crippen LogP contribution < -0.4 is 4.74 Å². The molecule has 2 aromatic heterocycles. The van der Waals surface area contributed by atoms with Gasteiger partial charge in [0, 0.05) is 47.0 Å². The summed E-state index contributed by atoms with van der Waals surface area (Å²) in [5, 5.41) is 1.11. The number of nitrogens with zero attached hydrogens (tertiary/aromatic N) is 2. The molecule has 1 amide bonds. The molecule has 1 N–H and O–H groups in total. The standard InChI is InChI=1S/C18H16BrN3O2/c19-14-3-4-17(21-10-14)24-15-6-8-22(11-15)18(23)13-2-1-12-5-7-20-16(12)9-13/h1-5,7,9-10,15,20H,6,8,11H2/t15-/m1/s1. The number of ether oxygens (including phenoxy) is 1. The second-order valence-corrected chi connectivity index (χ2v) is 6.79. The Morgan fingerprint density at radius 2 is 2.21 bits per heavy atom. The van der Waals surface area contributed by atoms with E-state index in [1.807, 2.05) is 47.5 Å². The van der Waals surface area contributed by atoms with Crippen LogP contribution in [0.4, 0.5) is 0 Å². The van der Waals surface area contributed by atoms with Gasteiger partial charge in [-0.15, -0.1) is 0 Å². The molecule has 5 nitrogen and oxygen atoms in total. The third-order valence-corrected chi connectivity index (χ3v) is 4.69. The summed E-state index contributed by atoms with van der Waals surface area (Å²) in [6.07, 6.45) is 4.38. The van der Waals surface area contributed by atoms with Crippen molar-refractivity contribution >= 4 is 32.7 Å². The summed E-state index contributed by atoms with van der Waals surface area (Å²) in [5.74, 6) is 0.631. The van der Waals surface area contributed by atoms with Crippen molar-refractivity contribution in [3.05, 3.63) is 58.8 Å². The highest BCUT2D eigenvalue weighted by Gasteiger charge is 2.28. The van der Waals surface area contributed by atoms with Gasteiger partial charge >= 0.3 is 0 Å². The molecule has 1 aliphatic heterocycles. The van der Waals surface area contributed by atoms with E-state index in [-0.39, 0.29) is 12.0 Å². The number of hydrogen-bond acceptors (Lipinski definition) is 3. The van der Waals surface area contributed by atoms with Gasteiger partial charge in [-0.3, -0.25) is 4.79 Å². The zero-order valence-corrected chi connectivity index (χ0v) is 14.5. The van der Waals surface area contributed by atoms with E-state index in [0.29, 0.717) is 24.5 Å². The minimum Gasteiger partial charge on any atom is -0.472 e. The number of likely N-dealkylation sites (tertiary alicyclic amines) is 1. The Morgan fingerprint density at radius 1 is 1.29 bits per heavy atom. The Balaban J connectivity index is 1.43. The fourth-order valence-corrected chi connectivity index (χ4v) is 3.21. The Kier molecular flexibility index (Phi) is 3.98. The van der Waals surface area contributed by atoms with E-state index in [1.54, 1.807) is 6.20 Å². The SMILES string of the molecule is O=C(c1ccc2cc[nH]c2c1)N1CC[C@@H](Oc2ccc(Br)cn2)C1. The van der Waals surface area contributed by atoms with E-state index in [1.165, 1.54) is 0 Å². The second-order valence-electron chi connectivity index (χ2n) is 5.87. The fraction of sp³-hybridized carbons (Fsp3) is 0.222. The monoisotopic (exact) mass is 385 g/mol. The van der Waals surface area contributed by atoms with E-state index >= 15 is 0 Å². The maximum absolute atomic E-state index is 12.7. The number of nitrogens with one attached hydrogen (secondary N) is 1. The van der Waals surface area contributed by atoms with Gasteiger partial charge in [-0.2, -0.15) is 0 Å². The topological polar surface area (TPSA) is 58.2 Å². The average Bonchev–Trinajstić information content (AvgIpc) is 3.24. The third kappa shape index (κ3) is 3.01. The Morgan fingerprint density at radius 3 is 3.04 bits per heavy atom. The van der Waals surface area contributed by atoms with E-state index in [4.69, 9.17) is 4.74 Å². The average molecular weight is 386 g/mol. The minimum atomic E-state index is -0.0168. The molecule has 0 radical (unpaired) electrons. The lowest BCUT2D eigenvalue weighted by Crippen LogP contribution is -2.31. The predicted molar refractivity (Wildman–Crippen MR) is 95.2 cm³/mol. The molecule has 0 bridgehead atoms. The van der Waals surface area contributed by atoms with Crippen LogP contribution in [-0.4, -0.2) is 40.0 Å². The van der Waals surface area contributed by atoms with Gasteiger partial charge in [0.2, 0.25) is 5.88 Å². The van der Waals surface area contributed by atoms with Crippen molar-refractivity contribution in [3.63, 3.8) is 0 Å². The summed E-state index contributed by atoms with van der Waals surface area (Å²) in [6.45, 7) is 1.28. The summed E-state index contributed by atoms with van der Waals surface area (Å²) in [5.41, 5.74) is 1.68. The van der Waals surface area contributed by atoms with Gasteiger partial charge in [0.25, 0.3) is 5.91 Å². The van der Waals surface area contributed by atoms with Gasteiger partial charge in [-0.1, -0.05) is 6.07 Å². The van der Waals surface area contributed by atoms with Crippen LogP contribution in [0.5, 0.6) is 5.88 Å². The molecule has 1 aromatic carbocycles. The van der Waals surface area contributed by atoms with Crippen molar-refractivity contribution in [1.29, 1.82) is 0 Å². The number of aromatic amines is 1. The molecule has 0 saturated carbocycles. The predicted octanol–water partition coefficient (Wildman–Crippen LogP) is 3.62. The normalized spacial score (nSPS) is 17.4. The molecule has 1 saturated heterocycles. The highest BCUT2D eigenvalue weighted by molar-refractivity contribution is 9.10. The number of aromatic nitrogens is 2. The van der Waals surface area contributed by atoms with Crippen LogP contribution in [0.1, 0.15) is 16.8 Å². The second kappa shape index (κ2) is 6.28. The van der Waals surface area contributed by atoms with Gasteiger partial charge in [-0.05, 0) is 45.6 Å². The first-order valence-corrected chi connectivity index (χ1v) is 8.63. The zero-order chi connectivity index (χ0) is 16.5. The third-order valence-electron chi connectivity index (χ3n) is 4.22. The molecule has 3 aromatic rings. The zero-order valence-electron chi connectivity index (χ0n) is 12.9. The van der Waals surface area contributed by atoms with Crippen molar-refractivity contribution in [1.82, 2.24) is 14.9 Å². The van der Waals surface area contributed by atoms with Gasteiger partial charge in [0.15, 0.2) is 0 Å². The van der Waals surface area contributed by atoms with E-state index < -0.39 is 0 Å². The first kappa shape index (κ1) is 15.2. The van der Waals surface area contributed by atoms with Crippen molar-refractivity contribution in [2.75, 3.05) is 13.1 Å². The summed E-state index contributed by atoms with van der Waals surface area (Å²) < 4.78 is 6.79. The molecule has 1 aliphatic rings. The van der Waals surface area contributed by atoms with E-state index in [0.717, 1.165) is 21.8 Å². The Bertz CT molecular complexity index is 875. The van der Waals surface area contributed by atoms with Gasteiger partial charge in [0.1, 0.15) is 6.10 Å². The first-order valence-electron chi connectivity index (χ1n) is 7.84. The highest BCUT2D eigenvalue weighted by atomic mass is 79.9. The molecule has 1 fully saturated rings. The number of rotatable bonds is 3. The summed E-state index contributed by atoms with van der Waals surface area (Å²) >= 11 is 3.35. The number of carbonyl (C=O) groups is 1. The van der Waals surface area contributed by atoms with Crippen molar-refractivity contribution in [3.8, 4) is 5.88 Å². The molecular weight excluding hydrogens is 370 g/mol. The minimum absolute atomic E-state index is 0.0168. The molecular formula is C18H16BrN3O2. The lowest BCUT2D eigenvalue weighted by molar-refractivity contribution is 0.0771. The van der Waals surface area contributed by atoms with Crippen LogP contribution in [-0.2, 0) is 0 Å². The molecule has 0 spiro atoms. The van der Waals surface area contributed by atoms with Crippen LogP contribution in [0.3, 0.4) is 0 Å². The molecule has 24 heavy (non-hydrogen) atoms. The number of fused-ring (bicyclic) bond motifs is 1. The molecule has 122 valence electrons. The number of halogens is 1. The molecule has 1 atom stereocenters. The maximum Gasteiger partial charge on any atom is 0.254 e. The number of carbonyl (C=O) groups excluding carboxylic acids is 1. The Hall–Kier alpha value is -2.34. The van der Waals surface area contributed by atoms with Crippen molar-refractivity contribution < 1.29 is 9.53 Å². The van der Waals surface area contributed by atoms with Gasteiger partial charge < -0.3 is 14.6 Å². The number of H-pyrrole nitrogens is 1. The largest absolute Gasteiger partial charge is 0.472 e. The molecule has 0 unspecified atom stereocenters. The molecule has 3 heterocycles. The highest BCUT2D eigenvalue weighted by Crippen LogP contribution is 2.21. The van der Waals surface area contributed by atoms with Crippen LogP contribution in [0.25, 0.3) is 10.9 Å². The smallest absolute Gasteiger partial charge is 0.254 e. The first-order chi connectivity index (χ1) is 11.7. The number of amides is 1. The summed E-state index contributed by atoms with van der Waals surface area (Å²) in [6, 6.07) is 11.5. The molecule has 6 heteroatoms. The van der Waals surface area contributed by atoms with Gasteiger partial charge in [0.05, 0.1) is 6.54 Å². The molecule has 0 aliphatic carbocycles. The lowest BCUT2D eigenvalue weighted by Gasteiger charge is -2.17. The number of benzene rings is 1. The van der Waals surface area contributed by atoms with Crippen LogP contribution in [0.2, 0.25) is 0 Å².